The number of Topliss-reactive ketones (excluding diaryl/α,β-unsaturated/α-hetero) is 1. The number of unbranched alkanes of at least 4 members (excludes halogenated alkanes) is 5. The second kappa shape index (κ2) is 9.08. The Labute approximate surface area is 132 Å². The smallest absolute Gasteiger partial charge is 0.163 e. The van der Waals surface area contributed by atoms with Crippen LogP contribution >= 0.6 is 38.5 Å². The third-order valence-electron chi connectivity index (χ3n) is 2.99. The molecule has 0 aliphatic heterocycles. The molecule has 1 aromatic rings. The SMILES string of the molecule is CCCCCCCCC(=O)c1cc(Br)ccc1I. The van der Waals surface area contributed by atoms with Crippen LogP contribution in [0, 0.1) is 3.57 Å². The first-order valence-corrected chi connectivity index (χ1v) is 8.50. The summed E-state index contributed by atoms with van der Waals surface area (Å²) in [5.41, 5.74) is 0.860. The predicted octanol–water partition coefficient (Wildman–Crippen LogP) is 5.99. The number of carbonyl (C=O) groups excluding carboxylic acids is 1. The maximum absolute atomic E-state index is 12.1. The quantitative estimate of drug-likeness (QED) is 0.285. The summed E-state index contributed by atoms with van der Waals surface area (Å²) in [5, 5.41) is 0. The molecule has 1 aromatic carbocycles. The van der Waals surface area contributed by atoms with E-state index in [0.29, 0.717) is 6.42 Å². The lowest BCUT2D eigenvalue weighted by Gasteiger charge is -2.05. The van der Waals surface area contributed by atoms with Crippen LogP contribution in [0.3, 0.4) is 0 Å². The van der Waals surface area contributed by atoms with Crippen LogP contribution in [0.2, 0.25) is 0 Å². The highest BCUT2D eigenvalue weighted by Crippen LogP contribution is 2.20. The van der Waals surface area contributed by atoms with Crippen molar-refractivity contribution in [1.82, 2.24) is 0 Å². The number of rotatable bonds is 8. The van der Waals surface area contributed by atoms with Gasteiger partial charge in [-0.3, -0.25) is 4.79 Å². The molecule has 0 heterocycles. The molecular formula is C15H20BrIO. The number of carbonyl (C=O) groups is 1. The van der Waals surface area contributed by atoms with E-state index in [1.807, 2.05) is 18.2 Å². The van der Waals surface area contributed by atoms with Gasteiger partial charge in [0.05, 0.1) is 0 Å². The number of halogens is 2. The molecule has 0 atom stereocenters. The second-order valence-corrected chi connectivity index (χ2v) is 6.64. The van der Waals surface area contributed by atoms with E-state index >= 15 is 0 Å². The zero-order chi connectivity index (χ0) is 13.4. The van der Waals surface area contributed by atoms with Crippen molar-refractivity contribution in [3.63, 3.8) is 0 Å². The highest BCUT2D eigenvalue weighted by Gasteiger charge is 2.09. The van der Waals surface area contributed by atoms with Crippen LogP contribution in [0.15, 0.2) is 22.7 Å². The molecule has 0 aliphatic carbocycles. The molecule has 100 valence electrons. The highest BCUT2D eigenvalue weighted by atomic mass is 127. The molecule has 0 spiro atoms. The molecule has 18 heavy (non-hydrogen) atoms. The van der Waals surface area contributed by atoms with Crippen LogP contribution in [-0.4, -0.2) is 5.78 Å². The van der Waals surface area contributed by atoms with Crippen molar-refractivity contribution in [2.75, 3.05) is 0 Å². The van der Waals surface area contributed by atoms with Crippen molar-refractivity contribution in [3.8, 4) is 0 Å². The lowest BCUT2D eigenvalue weighted by molar-refractivity contribution is 0.0978. The molecule has 0 fully saturated rings. The van der Waals surface area contributed by atoms with E-state index in [4.69, 9.17) is 0 Å². The minimum Gasteiger partial charge on any atom is -0.294 e. The number of hydrogen-bond acceptors (Lipinski definition) is 1. The summed E-state index contributed by atoms with van der Waals surface area (Å²) in [6, 6.07) is 5.89. The fourth-order valence-corrected chi connectivity index (χ4v) is 2.91. The third-order valence-corrected chi connectivity index (χ3v) is 4.42. The van der Waals surface area contributed by atoms with Crippen molar-refractivity contribution in [3.05, 3.63) is 31.8 Å². The Bertz CT molecular complexity index is 390. The fraction of sp³-hybridized carbons (Fsp3) is 0.533. The van der Waals surface area contributed by atoms with Crippen LogP contribution < -0.4 is 0 Å². The fourth-order valence-electron chi connectivity index (χ4n) is 1.91. The topological polar surface area (TPSA) is 17.1 Å². The van der Waals surface area contributed by atoms with Crippen LogP contribution in [0.25, 0.3) is 0 Å². The molecule has 0 N–H and O–H groups in total. The van der Waals surface area contributed by atoms with Gasteiger partial charge >= 0.3 is 0 Å². The standard InChI is InChI=1S/C15H20BrIO/c1-2-3-4-5-6-7-8-15(18)13-11-12(16)9-10-14(13)17/h9-11H,2-8H2,1H3. The van der Waals surface area contributed by atoms with E-state index in [1.165, 1.54) is 32.1 Å². The lowest BCUT2D eigenvalue weighted by atomic mass is 10.0. The van der Waals surface area contributed by atoms with Crippen LogP contribution in [0.4, 0.5) is 0 Å². The molecule has 1 nitrogen and oxygen atoms in total. The summed E-state index contributed by atoms with van der Waals surface area (Å²) in [6.07, 6.45) is 8.03. The summed E-state index contributed by atoms with van der Waals surface area (Å²) < 4.78 is 2.03. The zero-order valence-electron chi connectivity index (χ0n) is 10.8. The molecule has 1 rings (SSSR count). The van der Waals surface area contributed by atoms with Crippen molar-refractivity contribution < 1.29 is 4.79 Å². The second-order valence-electron chi connectivity index (χ2n) is 4.57. The first kappa shape index (κ1) is 16.2. The van der Waals surface area contributed by atoms with Gasteiger partial charge in [-0.2, -0.15) is 0 Å². The van der Waals surface area contributed by atoms with Crippen molar-refractivity contribution in [2.24, 2.45) is 0 Å². The maximum Gasteiger partial charge on any atom is 0.163 e. The molecule has 0 saturated carbocycles. The zero-order valence-corrected chi connectivity index (χ0v) is 14.6. The van der Waals surface area contributed by atoms with Crippen molar-refractivity contribution in [1.29, 1.82) is 0 Å². The highest BCUT2D eigenvalue weighted by molar-refractivity contribution is 14.1. The molecule has 0 bridgehead atoms. The minimum atomic E-state index is 0.274. The van der Waals surface area contributed by atoms with Crippen LogP contribution in [-0.2, 0) is 0 Å². The van der Waals surface area contributed by atoms with Crippen LogP contribution in [0.1, 0.15) is 62.2 Å². The molecule has 0 aromatic heterocycles. The Morgan fingerprint density at radius 3 is 2.56 bits per heavy atom. The minimum absolute atomic E-state index is 0.274. The Balaban J connectivity index is 2.34. The summed E-state index contributed by atoms with van der Waals surface area (Å²) in [5.74, 6) is 0.274. The summed E-state index contributed by atoms with van der Waals surface area (Å²) >= 11 is 5.65. The Kier molecular flexibility index (Phi) is 8.15. The van der Waals surface area contributed by atoms with E-state index in [1.54, 1.807) is 0 Å². The van der Waals surface area contributed by atoms with E-state index in [-0.39, 0.29) is 5.78 Å². The van der Waals surface area contributed by atoms with Gasteiger partial charge < -0.3 is 0 Å². The predicted molar refractivity (Wildman–Crippen MR) is 89.2 cm³/mol. The molecule has 0 radical (unpaired) electrons. The number of ketones is 1. The van der Waals surface area contributed by atoms with Gasteiger partial charge in [0.2, 0.25) is 0 Å². The first-order chi connectivity index (χ1) is 8.65. The Hall–Kier alpha value is 0.1000. The third kappa shape index (κ3) is 5.83. The lowest BCUT2D eigenvalue weighted by Crippen LogP contribution is -2.01. The van der Waals surface area contributed by atoms with Gasteiger partial charge in [-0.05, 0) is 47.2 Å². The van der Waals surface area contributed by atoms with Crippen LogP contribution in [0.5, 0.6) is 0 Å². The Morgan fingerprint density at radius 2 is 1.83 bits per heavy atom. The van der Waals surface area contributed by atoms with Gasteiger partial charge in [0, 0.05) is 20.0 Å². The van der Waals surface area contributed by atoms with E-state index in [0.717, 1.165) is 20.0 Å². The normalized spacial score (nSPS) is 10.6. The molecule has 0 amide bonds. The summed E-state index contributed by atoms with van der Waals surface area (Å²) in [4.78, 5) is 12.1. The summed E-state index contributed by atoms with van der Waals surface area (Å²) in [7, 11) is 0. The average molecular weight is 423 g/mol. The largest absolute Gasteiger partial charge is 0.294 e. The molecule has 3 heteroatoms. The van der Waals surface area contributed by atoms with Gasteiger partial charge in [-0.15, -0.1) is 0 Å². The summed E-state index contributed by atoms with van der Waals surface area (Å²) in [6.45, 7) is 2.22. The van der Waals surface area contributed by atoms with E-state index < -0.39 is 0 Å². The van der Waals surface area contributed by atoms with Gasteiger partial charge in [0.25, 0.3) is 0 Å². The average Bonchev–Trinajstić information content (AvgIpc) is 2.36. The van der Waals surface area contributed by atoms with Crippen molar-refractivity contribution >= 4 is 44.3 Å². The molecule has 0 aliphatic rings. The van der Waals surface area contributed by atoms with Gasteiger partial charge in [0.15, 0.2) is 5.78 Å². The van der Waals surface area contributed by atoms with Gasteiger partial charge in [0.1, 0.15) is 0 Å². The van der Waals surface area contributed by atoms with E-state index in [2.05, 4.69) is 45.4 Å². The first-order valence-electron chi connectivity index (χ1n) is 6.63. The monoisotopic (exact) mass is 422 g/mol. The maximum atomic E-state index is 12.1. The molecular weight excluding hydrogens is 403 g/mol. The van der Waals surface area contributed by atoms with Gasteiger partial charge in [-0.25, -0.2) is 0 Å². The number of benzene rings is 1. The Morgan fingerprint density at radius 1 is 1.17 bits per heavy atom. The molecule has 0 unspecified atom stereocenters. The number of hydrogen-bond donors (Lipinski definition) is 0. The molecule has 0 saturated heterocycles. The van der Waals surface area contributed by atoms with Crippen molar-refractivity contribution in [2.45, 2.75) is 51.9 Å². The van der Waals surface area contributed by atoms with E-state index in [9.17, 15) is 4.79 Å². The van der Waals surface area contributed by atoms with Gasteiger partial charge in [-0.1, -0.05) is 55.0 Å².